The number of halogens is 3. The van der Waals surface area contributed by atoms with Crippen molar-refractivity contribution in [3.05, 3.63) is 59.2 Å². The van der Waals surface area contributed by atoms with E-state index in [0.29, 0.717) is 11.6 Å². The number of hydrazine groups is 1. The minimum absolute atomic E-state index is 0.0479. The van der Waals surface area contributed by atoms with E-state index in [9.17, 15) is 27.9 Å². The summed E-state index contributed by atoms with van der Waals surface area (Å²) in [5.41, 5.74) is 2.25. The Hall–Kier alpha value is -3.23. The van der Waals surface area contributed by atoms with Crippen molar-refractivity contribution in [1.82, 2.24) is 10.9 Å². The van der Waals surface area contributed by atoms with Crippen molar-refractivity contribution >= 4 is 11.8 Å². The fourth-order valence-electron chi connectivity index (χ4n) is 2.05. The van der Waals surface area contributed by atoms with Crippen LogP contribution in [0.25, 0.3) is 0 Å². The highest BCUT2D eigenvalue weighted by Crippen LogP contribution is 2.34. The van der Waals surface area contributed by atoms with E-state index in [1.807, 2.05) is 10.9 Å². The Kier molecular flexibility index (Phi) is 5.16. The molecule has 9 heteroatoms. The quantitative estimate of drug-likeness (QED) is 0.635. The number of carbonyl (C=O) groups excluding carboxylic acids is 2. The molecular weight excluding hydrogens is 341 g/mol. The van der Waals surface area contributed by atoms with E-state index in [1.54, 1.807) is 6.07 Å². The summed E-state index contributed by atoms with van der Waals surface area (Å²) >= 11 is 0. The van der Waals surface area contributed by atoms with E-state index in [1.165, 1.54) is 18.2 Å². The van der Waals surface area contributed by atoms with Gasteiger partial charge in [0.25, 0.3) is 5.91 Å². The van der Waals surface area contributed by atoms with Crippen LogP contribution in [-0.4, -0.2) is 22.0 Å². The van der Waals surface area contributed by atoms with Gasteiger partial charge < -0.3 is 10.2 Å². The van der Waals surface area contributed by atoms with Gasteiger partial charge in [0, 0.05) is 0 Å². The number of amides is 2. The third-order valence-electron chi connectivity index (χ3n) is 3.14. The Morgan fingerprint density at radius 1 is 0.960 bits per heavy atom. The van der Waals surface area contributed by atoms with E-state index in [0.717, 1.165) is 12.1 Å². The van der Waals surface area contributed by atoms with Crippen molar-refractivity contribution < 1.29 is 33.0 Å². The molecule has 2 aromatic carbocycles. The standard InChI is InChI=1S/C16H13F3N2O4/c17-16(18,19)13-8-11(23)4-5-12(13)15(25)21-20-14(24)7-9-2-1-3-10(22)6-9/h1-6,8,22-23H,7H2,(H,20,24)(H,21,25). The van der Waals surface area contributed by atoms with Crippen LogP contribution in [0.1, 0.15) is 21.5 Å². The molecule has 0 aliphatic rings. The lowest BCUT2D eigenvalue weighted by Gasteiger charge is -2.13. The van der Waals surface area contributed by atoms with E-state index in [2.05, 4.69) is 0 Å². The molecule has 0 aliphatic carbocycles. The predicted octanol–water partition coefficient (Wildman–Crippen LogP) is 2.12. The number of hydrogen-bond acceptors (Lipinski definition) is 4. The van der Waals surface area contributed by atoms with Crippen molar-refractivity contribution in [2.24, 2.45) is 0 Å². The normalized spacial score (nSPS) is 11.0. The van der Waals surface area contributed by atoms with Crippen LogP contribution in [0, 0.1) is 0 Å². The molecule has 0 aromatic heterocycles. The maximum Gasteiger partial charge on any atom is 0.417 e. The minimum atomic E-state index is -4.85. The summed E-state index contributed by atoms with van der Waals surface area (Å²) in [4.78, 5) is 23.6. The van der Waals surface area contributed by atoms with Gasteiger partial charge in [-0.15, -0.1) is 0 Å². The summed E-state index contributed by atoms with van der Waals surface area (Å²) in [6.07, 6.45) is -5.05. The zero-order valence-electron chi connectivity index (χ0n) is 12.6. The smallest absolute Gasteiger partial charge is 0.417 e. The molecule has 0 heterocycles. The number of phenolic OH excluding ortho intramolecular Hbond substituents is 2. The first-order valence-corrected chi connectivity index (χ1v) is 6.94. The third-order valence-corrected chi connectivity index (χ3v) is 3.14. The minimum Gasteiger partial charge on any atom is -0.508 e. The Labute approximate surface area is 139 Å². The average molecular weight is 354 g/mol. The molecule has 0 saturated heterocycles. The van der Waals surface area contributed by atoms with E-state index >= 15 is 0 Å². The lowest BCUT2D eigenvalue weighted by atomic mass is 10.1. The van der Waals surface area contributed by atoms with Crippen molar-refractivity contribution in [1.29, 1.82) is 0 Å². The van der Waals surface area contributed by atoms with Crippen LogP contribution in [0.5, 0.6) is 11.5 Å². The van der Waals surface area contributed by atoms with Crippen molar-refractivity contribution in [2.75, 3.05) is 0 Å². The number of benzene rings is 2. The molecule has 132 valence electrons. The predicted molar refractivity (Wildman–Crippen MR) is 80.5 cm³/mol. The van der Waals surface area contributed by atoms with Crippen molar-refractivity contribution in [2.45, 2.75) is 12.6 Å². The Morgan fingerprint density at radius 2 is 1.64 bits per heavy atom. The second-order valence-corrected chi connectivity index (χ2v) is 5.08. The highest BCUT2D eigenvalue weighted by Gasteiger charge is 2.35. The molecule has 25 heavy (non-hydrogen) atoms. The molecule has 0 atom stereocenters. The van der Waals surface area contributed by atoms with Crippen LogP contribution in [0.15, 0.2) is 42.5 Å². The fourth-order valence-corrected chi connectivity index (χ4v) is 2.05. The van der Waals surface area contributed by atoms with Crippen molar-refractivity contribution in [3.8, 4) is 11.5 Å². The van der Waals surface area contributed by atoms with Gasteiger partial charge in [0.05, 0.1) is 17.5 Å². The molecular formula is C16H13F3N2O4. The lowest BCUT2D eigenvalue weighted by molar-refractivity contribution is -0.138. The molecule has 0 aliphatic heterocycles. The maximum absolute atomic E-state index is 12.9. The number of carbonyl (C=O) groups is 2. The van der Waals surface area contributed by atoms with Gasteiger partial charge >= 0.3 is 6.18 Å². The maximum atomic E-state index is 12.9. The van der Waals surface area contributed by atoms with Crippen LogP contribution in [-0.2, 0) is 17.4 Å². The Morgan fingerprint density at radius 3 is 2.28 bits per heavy atom. The highest BCUT2D eigenvalue weighted by molar-refractivity contribution is 5.97. The topological polar surface area (TPSA) is 98.7 Å². The first-order chi connectivity index (χ1) is 11.7. The molecule has 2 rings (SSSR count). The van der Waals surface area contributed by atoms with Gasteiger partial charge in [-0.05, 0) is 35.9 Å². The number of alkyl halides is 3. The third kappa shape index (κ3) is 4.87. The van der Waals surface area contributed by atoms with Gasteiger partial charge in [0.1, 0.15) is 11.5 Å². The average Bonchev–Trinajstić information content (AvgIpc) is 2.51. The molecule has 0 radical (unpaired) electrons. The molecule has 0 spiro atoms. The van der Waals surface area contributed by atoms with Gasteiger partial charge in [-0.25, -0.2) is 0 Å². The number of aromatic hydroxyl groups is 2. The molecule has 2 amide bonds. The molecule has 4 N–H and O–H groups in total. The second-order valence-electron chi connectivity index (χ2n) is 5.08. The summed E-state index contributed by atoms with van der Waals surface area (Å²) < 4.78 is 38.7. The van der Waals surface area contributed by atoms with Gasteiger partial charge in [-0.1, -0.05) is 12.1 Å². The van der Waals surface area contributed by atoms with E-state index < -0.39 is 34.9 Å². The zero-order valence-corrected chi connectivity index (χ0v) is 12.6. The Balaban J connectivity index is 2.04. The summed E-state index contributed by atoms with van der Waals surface area (Å²) in [6.45, 7) is 0. The van der Waals surface area contributed by atoms with Crippen molar-refractivity contribution in [3.63, 3.8) is 0 Å². The summed E-state index contributed by atoms with van der Waals surface area (Å²) in [6, 6.07) is 7.97. The SMILES string of the molecule is O=C(Cc1cccc(O)c1)NNC(=O)c1ccc(O)cc1C(F)(F)F. The molecule has 2 aromatic rings. The summed E-state index contributed by atoms with van der Waals surface area (Å²) in [7, 11) is 0. The molecule has 6 nitrogen and oxygen atoms in total. The lowest BCUT2D eigenvalue weighted by Crippen LogP contribution is -2.43. The monoisotopic (exact) mass is 354 g/mol. The Bertz CT molecular complexity index is 806. The van der Waals surface area contributed by atoms with E-state index in [-0.39, 0.29) is 12.2 Å². The zero-order chi connectivity index (χ0) is 18.6. The van der Waals surface area contributed by atoms with E-state index in [4.69, 9.17) is 5.11 Å². The van der Waals surface area contributed by atoms with Crippen LogP contribution in [0.4, 0.5) is 13.2 Å². The van der Waals surface area contributed by atoms with Crippen LogP contribution in [0.2, 0.25) is 0 Å². The molecule has 0 bridgehead atoms. The fraction of sp³-hybridized carbons (Fsp3) is 0.125. The van der Waals surface area contributed by atoms with Crippen LogP contribution >= 0.6 is 0 Å². The van der Waals surface area contributed by atoms with Crippen LogP contribution in [0.3, 0.4) is 0 Å². The summed E-state index contributed by atoms with van der Waals surface area (Å²) in [5.74, 6) is -2.56. The summed E-state index contributed by atoms with van der Waals surface area (Å²) in [5, 5.41) is 18.5. The number of hydrogen-bond donors (Lipinski definition) is 4. The van der Waals surface area contributed by atoms with Gasteiger partial charge in [0.15, 0.2) is 0 Å². The molecule has 0 unspecified atom stereocenters. The first-order valence-electron chi connectivity index (χ1n) is 6.94. The number of rotatable bonds is 3. The molecule has 0 fully saturated rings. The van der Waals surface area contributed by atoms with Gasteiger partial charge in [-0.2, -0.15) is 13.2 Å². The van der Waals surface area contributed by atoms with Gasteiger partial charge in [-0.3, -0.25) is 20.4 Å². The number of phenols is 2. The first kappa shape index (κ1) is 18.1. The molecule has 0 saturated carbocycles. The highest BCUT2D eigenvalue weighted by atomic mass is 19.4. The second kappa shape index (κ2) is 7.12. The van der Waals surface area contributed by atoms with Crippen LogP contribution < -0.4 is 10.9 Å². The van der Waals surface area contributed by atoms with Gasteiger partial charge in [0.2, 0.25) is 5.91 Å². The largest absolute Gasteiger partial charge is 0.508 e. The number of nitrogens with one attached hydrogen (secondary N) is 2.